The third-order valence-corrected chi connectivity index (χ3v) is 3.55. The molecule has 6 heteroatoms. The van der Waals surface area contributed by atoms with Crippen molar-refractivity contribution in [2.45, 2.75) is 19.0 Å². The number of aromatic nitrogens is 1. The second-order valence-electron chi connectivity index (χ2n) is 5.17. The predicted octanol–water partition coefficient (Wildman–Crippen LogP) is 4.49. The van der Waals surface area contributed by atoms with Crippen LogP contribution in [0.25, 0.3) is 0 Å². The number of anilines is 1. The van der Waals surface area contributed by atoms with Gasteiger partial charge >= 0.3 is 6.18 Å². The van der Waals surface area contributed by atoms with Crippen LogP contribution in [0.15, 0.2) is 42.6 Å². The summed E-state index contributed by atoms with van der Waals surface area (Å²) in [5.41, 5.74) is 0.0702. The van der Waals surface area contributed by atoms with Gasteiger partial charge < -0.3 is 9.64 Å². The summed E-state index contributed by atoms with van der Waals surface area (Å²) in [6.07, 6.45) is -1.06. The van der Waals surface area contributed by atoms with E-state index in [1.807, 2.05) is 18.2 Å². The van der Waals surface area contributed by atoms with Gasteiger partial charge in [-0.25, -0.2) is 0 Å². The van der Waals surface area contributed by atoms with Crippen molar-refractivity contribution in [3.05, 3.63) is 48.3 Å². The molecule has 2 heterocycles. The Morgan fingerprint density at radius 1 is 1.00 bits per heavy atom. The second-order valence-corrected chi connectivity index (χ2v) is 5.17. The van der Waals surface area contributed by atoms with Crippen LogP contribution in [-0.2, 0) is 6.18 Å². The van der Waals surface area contributed by atoms with Crippen LogP contribution in [0.5, 0.6) is 11.5 Å². The Morgan fingerprint density at radius 2 is 1.73 bits per heavy atom. The molecule has 1 aliphatic heterocycles. The fourth-order valence-electron chi connectivity index (χ4n) is 2.48. The zero-order valence-corrected chi connectivity index (χ0v) is 11.8. The largest absolute Gasteiger partial charge is 0.457 e. The quantitative estimate of drug-likeness (QED) is 0.835. The fraction of sp³-hybridized carbons (Fsp3) is 0.312. The summed E-state index contributed by atoms with van der Waals surface area (Å²) in [4.78, 5) is 5.56. The summed E-state index contributed by atoms with van der Waals surface area (Å²) in [5.74, 6) is 0.643. The smallest absolute Gasteiger partial charge is 0.433 e. The van der Waals surface area contributed by atoms with Gasteiger partial charge in [-0.1, -0.05) is 6.07 Å². The minimum absolute atomic E-state index is 0.126. The molecule has 0 aliphatic carbocycles. The predicted molar refractivity (Wildman–Crippen MR) is 77.2 cm³/mol. The first kappa shape index (κ1) is 14.7. The highest BCUT2D eigenvalue weighted by atomic mass is 19.4. The standard InChI is InChI=1S/C16H15F3N2O/c17-16(18,19)15-11-14(6-7-20-15)22-13-5-3-4-12(10-13)21-8-1-2-9-21/h3-7,10-11H,1-2,8-9H2. The van der Waals surface area contributed by atoms with Gasteiger partial charge in [-0.15, -0.1) is 0 Å². The molecular formula is C16H15F3N2O. The lowest BCUT2D eigenvalue weighted by molar-refractivity contribution is -0.141. The Labute approximate surface area is 126 Å². The van der Waals surface area contributed by atoms with Crippen molar-refractivity contribution < 1.29 is 17.9 Å². The molecule has 0 radical (unpaired) electrons. The van der Waals surface area contributed by atoms with Crippen molar-refractivity contribution in [2.75, 3.05) is 18.0 Å². The molecule has 22 heavy (non-hydrogen) atoms. The minimum Gasteiger partial charge on any atom is -0.457 e. The van der Waals surface area contributed by atoms with E-state index in [1.165, 1.54) is 6.07 Å². The van der Waals surface area contributed by atoms with E-state index in [2.05, 4.69) is 9.88 Å². The Hall–Kier alpha value is -2.24. The lowest BCUT2D eigenvalue weighted by Crippen LogP contribution is -2.17. The first-order valence-corrected chi connectivity index (χ1v) is 7.08. The molecule has 1 fully saturated rings. The maximum atomic E-state index is 12.7. The summed E-state index contributed by atoms with van der Waals surface area (Å²) < 4.78 is 43.5. The van der Waals surface area contributed by atoms with Crippen molar-refractivity contribution in [2.24, 2.45) is 0 Å². The molecule has 1 aromatic heterocycles. The third-order valence-electron chi connectivity index (χ3n) is 3.55. The first-order chi connectivity index (χ1) is 10.5. The Bertz CT molecular complexity index is 652. The highest BCUT2D eigenvalue weighted by molar-refractivity contribution is 5.52. The first-order valence-electron chi connectivity index (χ1n) is 7.08. The van der Waals surface area contributed by atoms with Gasteiger partial charge in [0.25, 0.3) is 0 Å². The number of nitrogens with zero attached hydrogens (tertiary/aromatic N) is 2. The summed E-state index contributed by atoms with van der Waals surface area (Å²) in [5, 5.41) is 0. The van der Waals surface area contributed by atoms with E-state index in [9.17, 15) is 13.2 Å². The third kappa shape index (κ3) is 3.32. The van der Waals surface area contributed by atoms with E-state index in [-0.39, 0.29) is 5.75 Å². The molecule has 2 aromatic rings. The summed E-state index contributed by atoms with van der Waals surface area (Å²) in [7, 11) is 0. The van der Waals surface area contributed by atoms with Gasteiger partial charge in [0, 0.05) is 37.1 Å². The Kier molecular flexibility index (Phi) is 3.92. The van der Waals surface area contributed by atoms with Crippen LogP contribution in [0.4, 0.5) is 18.9 Å². The highest BCUT2D eigenvalue weighted by Crippen LogP contribution is 2.32. The average Bonchev–Trinajstić information content (AvgIpc) is 3.01. The number of pyridine rings is 1. The molecule has 1 aliphatic rings. The molecule has 0 spiro atoms. The van der Waals surface area contributed by atoms with Crippen LogP contribution >= 0.6 is 0 Å². The van der Waals surface area contributed by atoms with Crippen LogP contribution in [0.1, 0.15) is 18.5 Å². The number of hydrogen-bond acceptors (Lipinski definition) is 3. The Morgan fingerprint density at radius 3 is 2.45 bits per heavy atom. The van der Waals surface area contributed by atoms with E-state index < -0.39 is 11.9 Å². The van der Waals surface area contributed by atoms with Crippen molar-refractivity contribution in [3.8, 4) is 11.5 Å². The van der Waals surface area contributed by atoms with Gasteiger partial charge in [-0.05, 0) is 31.0 Å². The Balaban J connectivity index is 1.80. The lowest BCUT2D eigenvalue weighted by Gasteiger charge is -2.18. The number of ether oxygens (including phenoxy) is 1. The maximum absolute atomic E-state index is 12.7. The molecule has 116 valence electrons. The fourth-order valence-corrected chi connectivity index (χ4v) is 2.48. The number of benzene rings is 1. The molecule has 1 aromatic carbocycles. The summed E-state index contributed by atoms with van der Waals surface area (Å²) >= 11 is 0. The number of halogens is 3. The summed E-state index contributed by atoms with van der Waals surface area (Å²) in [6.45, 7) is 1.99. The highest BCUT2D eigenvalue weighted by Gasteiger charge is 2.32. The monoisotopic (exact) mass is 308 g/mol. The zero-order chi connectivity index (χ0) is 15.6. The van der Waals surface area contributed by atoms with Crippen molar-refractivity contribution in [1.29, 1.82) is 0 Å². The molecule has 3 rings (SSSR count). The molecule has 0 unspecified atom stereocenters. The molecule has 0 N–H and O–H groups in total. The van der Waals surface area contributed by atoms with Gasteiger partial charge in [-0.3, -0.25) is 4.98 Å². The van der Waals surface area contributed by atoms with Gasteiger partial charge in [0.2, 0.25) is 0 Å². The minimum atomic E-state index is -4.48. The van der Waals surface area contributed by atoms with Gasteiger partial charge in [0.1, 0.15) is 17.2 Å². The molecule has 0 bridgehead atoms. The molecule has 1 saturated heterocycles. The van der Waals surface area contributed by atoms with Crippen LogP contribution < -0.4 is 9.64 Å². The number of alkyl halides is 3. The van der Waals surface area contributed by atoms with Gasteiger partial charge in [0.05, 0.1) is 0 Å². The molecule has 0 atom stereocenters. The van der Waals surface area contributed by atoms with Crippen LogP contribution in [0.2, 0.25) is 0 Å². The van der Waals surface area contributed by atoms with Crippen LogP contribution in [0.3, 0.4) is 0 Å². The molecule has 0 amide bonds. The maximum Gasteiger partial charge on any atom is 0.433 e. The molecule has 0 saturated carbocycles. The molecule has 3 nitrogen and oxygen atoms in total. The zero-order valence-electron chi connectivity index (χ0n) is 11.8. The van der Waals surface area contributed by atoms with Crippen molar-refractivity contribution in [1.82, 2.24) is 4.98 Å². The summed E-state index contributed by atoms with van der Waals surface area (Å²) in [6, 6.07) is 9.72. The SMILES string of the molecule is FC(F)(F)c1cc(Oc2cccc(N3CCCC3)c2)ccn1. The number of rotatable bonds is 3. The average molecular weight is 308 g/mol. The van der Waals surface area contributed by atoms with Crippen molar-refractivity contribution in [3.63, 3.8) is 0 Å². The van der Waals surface area contributed by atoms with Crippen molar-refractivity contribution >= 4 is 5.69 Å². The lowest BCUT2D eigenvalue weighted by atomic mass is 10.2. The molecular weight excluding hydrogens is 293 g/mol. The second kappa shape index (κ2) is 5.87. The van der Waals surface area contributed by atoms with E-state index >= 15 is 0 Å². The number of hydrogen-bond donors (Lipinski definition) is 0. The normalized spacial score (nSPS) is 15.1. The van der Waals surface area contributed by atoms with E-state index in [0.29, 0.717) is 5.75 Å². The van der Waals surface area contributed by atoms with Gasteiger partial charge in [0.15, 0.2) is 0 Å². The van der Waals surface area contributed by atoms with Gasteiger partial charge in [-0.2, -0.15) is 13.2 Å². The van der Waals surface area contributed by atoms with Crippen LogP contribution in [-0.4, -0.2) is 18.1 Å². The van der Waals surface area contributed by atoms with E-state index in [0.717, 1.165) is 43.9 Å². The topological polar surface area (TPSA) is 25.4 Å². The van der Waals surface area contributed by atoms with E-state index in [4.69, 9.17) is 4.74 Å². The van der Waals surface area contributed by atoms with Crippen LogP contribution in [0, 0.1) is 0 Å². The van der Waals surface area contributed by atoms with E-state index in [1.54, 1.807) is 6.07 Å².